The summed E-state index contributed by atoms with van der Waals surface area (Å²) in [4.78, 5) is 0. The van der Waals surface area contributed by atoms with Gasteiger partial charge in [-0.3, -0.25) is 0 Å². The first-order valence-electron chi connectivity index (χ1n) is 10.7. The summed E-state index contributed by atoms with van der Waals surface area (Å²) in [7, 11) is -0.745. The summed E-state index contributed by atoms with van der Waals surface area (Å²) in [5, 5.41) is 0. The Hall–Kier alpha value is -0.0301. The minimum absolute atomic E-state index is 0.189. The molecule has 0 amide bonds. The Labute approximate surface area is 158 Å². The fourth-order valence-electron chi connectivity index (χ4n) is 8.03. The highest BCUT2D eigenvalue weighted by Gasteiger charge is 2.73. The SMILES string of the molecule is CC1(C)[C@H]2C[C@@H]3OB(B4O[C@@H]5C[C@H]6C[C@H](C6(C)C)[C@@]5(C)O4)O[C@]3(C)[C@@H]1C2. The zero-order chi connectivity index (χ0) is 18.3. The fourth-order valence-corrected chi connectivity index (χ4v) is 8.03. The lowest BCUT2D eigenvalue weighted by Crippen LogP contribution is -2.65. The molecule has 8 atom stereocenters. The molecule has 4 bridgehead atoms. The number of hydrogen-bond acceptors (Lipinski definition) is 4. The third-order valence-electron chi connectivity index (χ3n) is 10.2. The quantitative estimate of drug-likeness (QED) is 0.673. The lowest BCUT2D eigenvalue weighted by molar-refractivity contribution is -0.200. The van der Waals surface area contributed by atoms with Crippen molar-refractivity contribution in [1.29, 1.82) is 0 Å². The molecule has 8 fully saturated rings. The van der Waals surface area contributed by atoms with Gasteiger partial charge in [-0.2, -0.15) is 0 Å². The largest absolute Gasteiger partial charge is 0.488 e. The van der Waals surface area contributed by atoms with Crippen LogP contribution in [0.3, 0.4) is 0 Å². The van der Waals surface area contributed by atoms with E-state index in [1.54, 1.807) is 0 Å². The monoisotopic (exact) mass is 358 g/mol. The molecular formula is C20H32B2O4. The highest BCUT2D eigenvalue weighted by molar-refractivity contribution is 7.11. The maximum atomic E-state index is 6.60. The van der Waals surface area contributed by atoms with Crippen LogP contribution >= 0.6 is 0 Å². The van der Waals surface area contributed by atoms with Gasteiger partial charge in [0.05, 0.1) is 23.4 Å². The molecule has 0 aromatic heterocycles. The molecule has 0 aromatic carbocycles. The summed E-state index contributed by atoms with van der Waals surface area (Å²) in [6, 6.07) is 0. The van der Waals surface area contributed by atoms with Gasteiger partial charge in [0, 0.05) is 0 Å². The molecule has 26 heavy (non-hydrogen) atoms. The third-order valence-corrected chi connectivity index (χ3v) is 10.2. The van der Waals surface area contributed by atoms with Crippen LogP contribution in [0.1, 0.15) is 67.2 Å². The van der Waals surface area contributed by atoms with Crippen molar-refractivity contribution in [3.8, 4) is 0 Å². The molecule has 2 saturated heterocycles. The van der Waals surface area contributed by atoms with E-state index in [1.807, 2.05) is 0 Å². The van der Waals surface area contributed by atoms with Gasteiger partial charge in [-0.25, -0.2) is 0 Å². The maximum absolute atomic E-state index is 6.60. The van der Waals surface area contributed by atoms with Gasteiger partial charge in [-0.1, -0.05) is 27.7 Å². The molecule has 8 rings (SSSR count). The normalized spacial score (nSPS) is 57.9. The lowest BCUT2D eigenvalue weighted by Gasteiger charge is -2.64. The van der Waals surface area contributed by atoms with Crippen LogP contribution in [0.4, 0.5) is 0 Å². The molecule has 4 nitrogen and oxygen atoms in total. The van der Waals surface area contributed by atoms with E-state index in [4.69, 9.17) is 18.6 Å². The lowest BCUT2D eigenvalue weighted by atomic mass is 9.43. The molecule has 0 aromatic rings. The molecule has 0 spiro atoms. The summed E-state index contributed by atoms with van der Waals surface area (Å²) in [5.74, 6) is 2.70. The number of rotatable bonds is 1. The Morgan fingerprint density at radius 1 is 0.615 bits per heavy atom. The van der Waals surface area contributed by atoms with Crippen LogP contribution in [-0.4, -0.2) is 37.4 Å². The van der Waals surface area contributed by atoms with E-state index in [2.05, 4.69) is 41.5 Å². The molecule has 6 aliphatic carbocycles. The van der Waals surface area contributed by atoms with Crippen molar-refractivity contribution in [2.45, 2.75) is 90.6 Å². The molecule has 0 N–H and O–H groups in total. The van der Waals surface area contributed by atoms with Gasteiger partial charge in [0.2, 0.25) is 0 Å². The van der Waals surface area contributed by atoms with E-state index in [0.29, 0.717) is 22.7 Å². The summed E-state index contributed by atoms with van der Waals surface area (Å²) in [6.45, 7) is 14.1. The van der Waals surface area contributed by atoms with Crippen molar-refractivity contribution in [1.82, 2.24) is 0 Å². The van der Waals surface area contributed by atoms with Crippen molar-refractivity contribution in [3.63, 3.8) is 0 Å². The van der Waals surface area contributed by atoms with Crippen LogP contribution in [0.15, 0.2) is 0 Å². The second kappa shape index (κ2) is 4.58. The highest BCUT2D eigenvalue weighted by atomic mass is 16.7. The summed E-state index contributed by atoms with van der Waals surface area (Å²) in [6.07, 6.45) is 5.17. The van der Waals surface area contributed by atoms with Crippen molar-refractivity contribution in [3.05, 3.63) is 0 Å². The molecule has 6 saturated carbocycles. The van der Waals surface area contributed by atoms with Crippen LogP contribution in [-0.2, 0) is 18.6 Å². The van der Waals surface area contributed by atoms with Gasteiger partial charge >= 0.3 is 14.0 Å². The van der Waals surface area contributed by atoms with E-state index < -0.39 is 0 Å². The summed E-state index contributed by atoms with van der Waals surface area (Å²) in [5.41, 5.74) is 0.357. The summed E-state index contributed by atoms with van der Waals surface area (Å²) < 4.78 is 26.1. The fraction of sp³-hybridized carbons (Fsp3) is 1.00. The molecule has 0 radical (unpaired) electrons. The Morgan fingerprint density at radius 2 is 1.00 bits per heavy atom. The van der Waals surface area contributed by atoms with Gasteiger partial charge in [0.15, 0.2) is 0 Å². The smallest absolute Gasteiger partial charge is 0.407 e. The molecular weight excluding hydrogens is 326 g/mol. The van der Waals surface area contributed by atoms with E-state index >= 15 is 0 Å². The maximum Gasteiger partial charge on any atom is 0.488 e. The van der Waals surface area contributed by atoms with Crippen LogP contribution in [0.2, 0.25) is 0 Å². The standard InChI is InChI=1S/C20H32B2O4/c1-17(2)11-7-13(17)19(5)15(9-11)23-21(25-19)22-24-16-10-12-8-14(18(12,3)4)20(16,6)26-22/h11-16H,7-10H2,1-6H3/t11-,12-,13-,14-,15-,16+,19-,20-/m1/s1. The second-order valence-electron chi connectivity index (χ2n) is 11.7. The number of hydrogen-bond donors (Lipinski definition) is 0. The Kier molecular flexibility index (Phi) is 2.97. The van der Waals surface area contributed by atoms with Crippen LogP contribution < -0.4 is 0 Å². The Bertz CT molecular complexity index is 612. The zero-order valence-electron chi connectivity index (χ0n) is 17.1. The van der Waals surface area contributed by atoms with Crippen LogP contribution in [0, 0.1) is 34.5 Å². The van der Waals surface area contributed by atoms with E-state index in [1.165, 1.54) is 12.8 Å². The van der Waals surface area contributed by atoms with Gasteiger partial charge < -0.3 is 18.6 Å². The van der Waals surface area contributed by atoms with E-state index in [9.17, 15) is 0 Å². The van der Waals surface area contributed by atoms with E-state index in [0.717, 1.165) is 24.7 Å². The average molecular weight is 358 g/mol. The first-order chi connectivity index (χ1) is 12.1. The molecule has 8 aliphatic rings. The molecule has 0 unspecified atom stereocenters. The first-order valence-corrected chi connectivity index (χ1v) is 10.7. The highest BCUT2D eigenvalue weighted by Crippen LogP contribution is 2.67. The van der Waals surface area contributed by atoms with Gasteiger partial charge in [-0.05, 0) is 74.0 Å². The van der Waals surface area contributed by atoms with Crippen molar-refractivity contribution in [2.75, 3.05) is 0 Å². The van der Waals surface area contributed by atoms with Crippen LogP contribution in [0.25, 0.3) is 0 Å². The molecule has 6 heteroatoms. The minimum Gasteiger partial charge on any atom is -0.407 e. The van der Waals surface area contributed by atoms with Crippen molar-refractivity contribution < 1.29 is 18.6 Å². The predicted molar refractivity (Wildman–Crippen MR) is 100 cm³/mol. The van der Waals surface area contributed by atoms with Crippen molar-refractivity contribution in [2.24, 2.45) is 34.5 Å². The molecule has 2 aliphatic heterocycles. The Morgan fingerprint density at radius 3 is 1.35 bits per heavy atom. The van der Waals surface area contributed by atoms with Gasteiger partial charge in [0.25, 0.3) is 0 Å². The van der Waals surface area contributed by atoms with Crippen LogP contribution in [0.5, 0.6) is 0 Å². The van der Waals surface area contributed by atoms with Gasteiger partial charge in [-0.15, -0.1) is 0 Å². The first kappa shape index (κ1) is 16.9. The average Bonchev–Trinajstić information content (AvgIpc) is 3.09. The Balaban J connectivity index is 1.24. The topological polar surface area (TPSA) is 36.9 Å². The van der Waals surface area contributed by atoms with E-state index in [-0.39, 0.29) is 37.4 Å². The van der Waals surface area contributed by atoms with Gasteiger partial charge in [0.1, 0.15) is 0 Å². The zero-order valence-corrected chi connectivity index (χ0v) is 17.1. The van der Waals surface area contributed by atoms with Crippen molar-refractivity contribution >= 4 is 14.0 Å². The second-order valence-corrected chi connectivity index (χ2v) is 11.7. The minimum atomic E-state index is -0.372. The molecule has 2 heterocycles. The summed E-state index contributed by atoms with van der Waals surface area (Å²) >= 11 is 0. The molecule has 142 valence electrons. The third kappa shape index (κ3) is 1.71. The predicted octanol–water partition coefficient (Wildman–Crippen LogP) is 3.52.